The summed E-state index contributed by atoms with van der Waals surface area (Å²) in [5.41, 5.74) is 1.33. The van der Waals surface area contributed by atoms with Gasteiger partial charge in [-0.05, 0) is 36.4 Å². The summed E-state index contributed by atoms with van der Waals surface area (Å²) in [5, 5.41) is 4.16. The fourth-order valence-corrected chi connectivity index (χ4v) is 2.47. The van der Waals surface area contributed by atoms with Crippen LogP contribution in [-0.4, -0.2) is 0 Å². The summed E-state index contributed by atoms with van der Waals surface area (Å²) >= 11 is 15.1. The van der Waals surface area contributed by atoms with Gasteiger partial charge in [-0.25, -0.2) is 4.39 Å². The Morgan fingerprint density at radius 3 is 2.39 bits per heavy atom. The average Bonchev–Trinajstić information content (AvgIpc) is 2.29. The van der Waals surface area contributed by atoms with Gasteiger partial charge in [0.25, 0.3) is 0 Å². The highest BCUT2D eigenvalue weighted by atomic mass is 79.9. The third kappa shape index (κ3) is 3.61. The maximum Gasteiger partial charge on any atom is 0.128 e. The highest BCUT2D eigenvalue weighted by Crippen LogP contribution is 2.23. The van der Waals surface area contributed by atoms with Crippen molar-refractivity contribution in [3.63, 3.8) is 0 Å². The zero-order chi connectivity index (χ0) is 13.1. The number of benzene rings is 2. The van der Waals surface area contributed by atoms with E-state index < -0.39 is 0 Å². The summed E-state index contributed by atoms with van der Waals surface area (Å²) in [7, 11) is 0. The highest BCUT2D eigenvalue weighted by molar-refractivity contribution is 9.10. The van der Waals surface area contributed by atoms with Gasteiger partial charge in [0, 0.05) is 32.3 Å². The summed E-state index contributed by atoms with van der Waals surface area (Å²) in [4.78, 5) is 0. The first-order chi connectivity index (χ1) is 8.54. The summed E-state index contributed by atoms with van der Waals surface area (Å²) in [6.07, 6.45) is 0. The minimum atomic E-state index is -0.251. The molecule has 18 heavy (non-hydrogen) atoms. The number of hydrogen-bond donors (Lipinski definition) is 1. The minimum absolute atomic E-state index is 0.251. The van der Waals surface area contributed by atoms with Crippen molar-refractivity contribution in [1.29, 1.82) is 0 Å². The van der Waals surface area contributed by atoms with E-state index in [0.717, 1.165) is 10.2 Å². The SMILES string of the molecule is Fc1ccc(Br)cc1CNc1cc(Cl)cc(Cl)c1. The van der Waals surface area contributed by atoms with Crippen molar-refractivity contribution in [3.8, 4) is 0 Å². The number of hydrogen-bond acceptors (Lipinski definition) is 1. The maximum atomic E-state index is 13.5. The highest BCUT2D eigenvalue weighted by Gasteiger charge is 2.03. The maximum absolute atomic E-state index is 13.5. The molecule has 0 radical (unpaired) electrons. The molecule has 0 aliphatic rings. The van der Waals surface area contributed by atoms with Crippen molar-refractivity contribution >= 4 is 44.8 Å². The summed E-state index contributed by atoms with van der Waals surface area (Å²) in [5.74, 6) is -0.251. The Kier molecular flexibility index (Phi) is 4.49. The Bertz CT molecular complexity index is 555. The lowest BCUT2D eigenvalue weighted by Crippen LogP contribution is -2.01. The van der Waals surface area contributed by atoms with Crippen LogP contribution in [0.5, 0.6) is 0 Å². The Hall–Kier alpha value is -0.770. The fraction of sp³-hybridized carbons (Fsp3) is 0.0769. The predicted octanol–water partition coefficient (Wildman–Crippen LogP) is 5.51. The summed E-state index contributed by atoms with van der Waals surface area (Å²) < 4.78 is 14.4. The van der Waals surface area contributed by atoms with Gasteiger partial charge in [-0.2, -0.15) is 0 Å². The second-order valence-corrected chi connectivity index (χ2v) is 5.54. The van der Waals surface area contributed by atoms with Gasteiger partial charge in [0.15, 0.2) is 0 Å². The molecule has 1 nitrogen and oxygen atoms in total. The molecule has 0 atom stereocenters. The second-order valence-electron chi connectivity index (χ2n) is 3.75. The lowest BCUT2D eigenvalue weighted by Gasteiger charge is -2.09. The van der Waals surface area contributed by atoms with Crippen molar-refractivity contribution < 1.29 is 4.39 Å². The van der Waals surface area contributed by atoms with Gasteiger partial charge in [0.2, 0.25) is 0 Å². The third-order valence-corrected chi connectivity index (χ3v) is 3.28. The molecule has 0 saturated carbocycles. The van der Waals surface area contributed by atoms with Gasteiger partial charge >= 0.3 is 0 Å². The zero-order valence-electron chi connectivity index (χ0n) is 9.18. The zero-order valence-corrected chi connectivity index (χ0v) is 12.3. The van der Waals surface area contributed by atoms with Crippen molar-refractivity contribution in [2.24, 2.45) is 0 Å². The fourth-order valence-electron chi connectivity index (χ4n) is 1.53. The van der Waals surface area contributed by atoms with Crippen molar-refractivity contribution in [3.05, 3.63) is 62.3 Å². The molecule has 0 amide bonds. The predicted molar refractivity (Wildman–Crippen MR) is 77.9 cm³/mol. The molecule has 0 bridgehead atoms. The molecule has 5 heteroatoms. The first-order valence-corrected chi connectivity index (χ1v) is 6.73. The van der Waals surface area contributed by atoms with Crippen LogP contribution in [0.2, 0.25) is 10.0 Å². The average molecular weight is 349 g/mol. The van der Waals surface area contributed by atoms with Crippen molar-refractivity contribution in [2.75, 3.05) is 5.32 Å². The molecule has 2 aromatic rings. The molecule has 0 heterocycles. The van der Waals surface area contributed by atoms with E-state index >= 15 is 0 Å². The third-order valence-electron chi connectivity index (χ3n) is 2.35. The van der Waals surface area contributed by atoms with Crippen LogP contribution in [0.1, 0.15) is 5.56 Å². The molecular weight excluding hydrogens is 340 g/mol. The van der Waals surface area contributed by atoms with Crippen LogP contribution in [0, 0.1) is 5.82 Å². The van der Waals surface area contributed by atoms with Crippen molar-refractivity contribution in [2.45, 2.75) is 6.54 Å². The molecule has 2 aromatic carbocycles. The normalized spacial score (nSPS) is 10.4. The lowest BCUT2D eigenvalue weighted by molar-refractivity contribution is 0.612. The van der Waals surface area contributed by atoms with Crippen LogP contribution >= 0.6 is 39.1 Å². The standard InChI is InChI=1S/C13H9BrCl2FN/c14-9-1-2-13(17)8(3-9)7-18-12-5-10(15)4-11(16)6-12/h1-6,18H,7H2. The van der Waals surface area contributed by atoms with Gasteiger partial charge < -0.3 is 5.32 Å². The molecular formula is C13H9BrCl2FN. The Morgan fingerprint density at radius 1 is 1.06 bits per heavy atom. The van der Waals surface area contributed by atoms with Gasteiger partial charge in [0.1, 0.15) is 5.82 Å². The van der Waals surface area contributed by atoms with E-state index in [2.05, 4.69) is 21.2 Å². The monoisotopic (exact) mass is 347 g/mol. The first-order valence-electron chi connectivity index (χ1n) is 5.18. The molecule has 0 spiro atoms. The molecule has 94 valence electrons. The molecule has 1 N–H and O–H groups in total. The van der Waals surface area contributed by atoms with Gasteiger partial charge in [-0.1, -0.05) is 39.1 Å². The second kappa shape index (κ2) is 5.91. The topological polar surface area (TPSA) is 12.0 Å². The molecule has 0 aliphatic heterocycles. The van der Waals surface area contributed by atoms with Crippen LogP contribution in [0.25, 0.3) is 0 Å². The first kappa shape index (κ1) is 13.7. The minimum Gasteiger partial charge on any atom is -0.381 e. The van der Waals surface area contributed by atoms with E-state index in [1.807, 2.05) is 0 Å². The van der Waals surface area contributed by atoms with Gasteiger partial charge in [0.05, 0.1) is 0 Å². The van der Waals surface area contributed by atoms with Gasteiger partial charge in [-0.15, -0.1) is 0 Å². The van der Waals surface area contributed by atoms with E-state index in [9.17, 15) is 4.39 Å². The lowest BCUT2D eigenvalue weighted by atomic mass is 10.2. The smallest absolute Gasteiger partial charge is 0.128 e. The molecule has 0 saturated heterocycles. The van der Waals surface area contributed by atoms with E-state index in [1.165, 1.54) is 6.07 Å². The number of rotatable bonds is 3. The van der Waals surface area contributed by atoms with E-state index in [4.69, 9.17) is 23.2 Å². The van der Waals surface area contributed by atoms with Gasteiger partial charge in [-0.3, -0.25) is 0 Å². The van der Waals surface area contributed by atoms with Crippen LogP contribution in [-0.2, 0) is 6.54 Å². The number of anilines is 1. The quantitative estimate of drug-likeness (QED) is 0.771. The summed E-state index contributed by atoms with van der Waals surface area (Å²) in [6.45, 7) is 0.363. The van der Waals surface area contributed by atoms with Crippen LogP contribution in [0.4, 0.5) is 10.1 Å². The molecule has 0 fully saturated rings. The molecule has 2 rings (SSSR count). The van der Waals surface area contributed by atoms with Crippen LogP contribution < -0.4 is 5.32 Å². The number of halogens is 4. The largest absolute Gasteiger partial charge is 0.381 e. The van der Waals surface area contributed by atoms with E-state index in [0.29, 0.717) is 22.2 Å². The molecule has 0 unspecified atom stereocenters. The molecule has 0 aromatic heterocycles. The van der Waals surface area contributed by atoms with Crippen LogP contribution in [0.3, 0.4) is 0 Å². The van der Waals surface area contributed by atoms with E-state index in [-0.39, 0.29) is 5.82 Å². The van der Waals surface area contributed by atoms with Crippen molar-refractivity contribution in [1.82, 2.24) is 0 Å². The molecule has 0 aliphatic carbocycles. The number of nitrogens with one attached hydrogen (secondary N) is 1. The Labute approximate surface area is 123 Å². The Morgan fingerprint density at radius 2 is 1.72 bits per heavy atom. The van der Waals surface area contributed by atoms with Crippen LogP contribution in [0.15, 0.2) is 40.9 Å². The summed E-state index contributed by atoms with van der Waals surface area (Å²) in [6, 6.07) is 9.94. The van der Waals surface area contributed by atoms with E-state index in [1.54, 1.807) is 30.3 Å². The Balaban J connectivity index is 2.13.